The highest BCUT2D eigenvalue weighted by molar-refractivity contribution is 8.00. The lowest BCUT2D eigenvalue weighted by molar-refractivity contribution is -0.132. The van der Waals surface area contributed by atoms with Gasteiger partial charge in [-0.05, 0) is 31.8 Å². The summed E-state index contributed by atoms with van der Waals surface area (Å²) < 4.78 is 5.34. The highest BCUT2D eigenvalue weighted by Gasteiger charge is 2.19. The standard InChI is InChI=1S/C11H16O2SSi/c1-15(2,3)13-11(12)9-14-10-7-5-4-6-8-10/h4-8H,9H2,1-3H3. The van der Waals surface area contributed by atoms with Gasteiger partial charge in [0.25, 0.3) is 0 Å². The van der Waals surface area contributed by atoms with Crippen molar-refractivity contribution in [2.24, 2.45) is 0 Å². The minimum atomic E-state index is -1.72. The Kier molecular flexibility index (Phi) is 4.41. The zero-order chi connectivity index (χ0) is 11.3. The van der Waals surface area contributed by atoms with Crippen molar-refractivity contribution in [3.05, 3.63) is 30.3 Å². The van der Waals surface area contributed by atoms with E-state index in [0.717, 1.165) is 4.90 Å². The van der Waals surface area contributed by atoms with E-state index >= 15 is 0 Å². The smallest absolute Gasteiger partial charge is 0.302 e. The summed E-state index contributed by atoms with van der Waals surface area (Å²) in [6.45, 7) is 6.04. The molecule has 1 aromatic rings. The van der Waals surface area contributed by atoms with E-state index in [4.69, 9.17) is 4.43 Å². The van der Waals surface area contributed by atoms with Crippen LogP contribution < -0.4 is 0 Å². The lowest BCUT2D eigenvalue weighted by atomic mass is 10.4. The fourth-order valence-electron chi connectivity index (χ4n) is 1.03. The van der Waals surface area contributed by atoms with Crippen molar-refractivity contribution < 1.29 is 9.22 Å². The van der Waals surface area contributed by atoms with Crippen molar-refractivity contribution in [2.45, 2.75) is 24.5 Å². The van der Waals surface area contributed by atoms with Crippen LogP contribution >= 0.6 is 11.8 Å². The van der Waals surface area contributed by atoms with Gasteiger partial charge >= 0.3 is 5.97 Å². The second-order valence-corrected chi connectivity index (χ2v) is 9.67. The second-order valence-electron chi connectivity index (χ2n) is 4.19. The van der Waals surface area contributed by atoms with Gasteiger partial charge in [0.2, 0.25) is 8.32 Å². The molecule has 0 aliphatic heterocycles. The summed E-state index contributed by atoms with van der Waals surface area (Å²) in [5, 5.41) is 0. The number of carbonyl (C=O) groups is 1. The van der Waals surface area contributed by atoms with Gasteiger partial charge in [-0.1, -0.05) is 18.2 Å². The van der Waals surface area contributed by atoms with E-state index in [0.29, 0.717) is 5.75 Å². The van der Waals surface area contributed by atoms with Gasteiger partial charge in [0.05, 0.1) is 5.75 Å². The lowest BCUT2D eigenvalue weighted by Gasteiger charge is -2.16. The van der Waals surface area contributed by atoms with Crippen LogP contribution in [-0.4, -0.2) is 20.0 Å². The van der Waals surface area contributed by atoms with Crippen molar-refractivity contribution in [3.63, 3.8) is 0 Å². The molecule has 0 aliphatic rings. The van der Waals surface area contributed by atoms with Crippen molar-refractivity contribution >= 4 is 26.0 Å². The maximum atomic E-state index is 11.4. The Morgan fingerprint density at radius 1 is 1.27 bits per heavy atom. The zero-order valence-corrected chi connectivity index (χ0v) is 11.1. The van der Waals surface area contributed by atoms with Gasteiger partial charge in [-0.15, -0.1) is 11.8 Å². The molecule has 0 radical (unpaired) electrons. The minimum Gasteiger partial charge on any atom is -0.519 e. The molecule has 0 heterocycles. The monoisotopic (exact) mass is 240 g/mol. The van der Waals surface area contributed by atoms with Gasteiger partial charge in [-0.25, -0.2) is 0 Å². The largest absolute Gasteiger partial charge is 0.519 e. The molecular weight excluding hydrogens is 224 g/mol. The van der Waals surface area contributed by atoms with Crippen LogP contribution in [0.4, 0.5) is 0 Å². The predicted molar refractivity (Wildman–Crippen MR) is 66.6 cm³/mol. The fraction of sp³-hybridized carbons (Fsp3) is 0.364. The van der Waals surface area contributed by atoms with Crippen LogP contribution in [0, 0.1) is 0 Å². The van der Waals surface area contributed by atoms with E-state index in [1.54, 1.807) is 0 Å². The summed E-state index contributed by atoms with van der Waals surface area (Å²) in [6, 6.07) is 9.88. The topological polar surface area (TPSA) is 26.3 Å². The molecule has 0 saturated carbocycles. The summed E-state index contributed by atoms with van der Waals surface area (Å²) in [5.41, 5.74) is 0. The van der Waals surface area contributed by atoms with Crippen LogP contribution in [0.3, 0.4) is 0 Å². The summed E-state index contributed by atoms with van der Waals surface area (Å²) >= 11 is 1.52. The number of hydrogen-bond acceptors (Lipinski definition) is 3. The highest BCUT2D eigenvalue weighted by atomic mass is 32.2. The number of benzene rings is 1. The third-order valence-corrected chi connectivity index (χ3v) is 3.35. The first kappa shape index (κ1) is 12.3. The minimum absolute atomic E-state index is 0.108. The van der Waals surface area contributed by atoms with E-state index in [1.165, 1.54) is 11.8 Å². The third-order valence-electron chi connectivity index (χ3n) is 1.52. The predicted octanol–water partition coefficient (Wildman–Crippen LogP) is 3.16. The van der Waals surface area contributed by atoms with Crippen molar-refractivity contribution in [2.75, 3.05) is 5.75 Å². The molecule has 0 aromatic heterocycles. The molecule has 4 heteroatoms. The van der Waals surface area contributed by atoms with Crippen molar-refractivity contribution in [1.29, 1.82) is 0 Å². The van der Waals surface area contributed by atoms with E-state index in [2.05, 4.69) is 0 Å². The van der Waals surface area contributed by atoms with E-state index in [-0.39, 0.29) is 5.97 Å². The van der Waals surface area contributed by atoms with Crippen molar-refractivity contribution in [1.82, 2.24) is 0 Å². The first-order valence-electron chi connectivity index (χ1n) is 4.87. The second kappa shape index (κ2) is 5.37. The molecule has 1 aromatic carbocycles. The van der Waals surface area contributed by atoms with Crippen LogP contribution in [-0.2, 0) is 9.22 Å². The number of carbonyl (C=O) groups excluding carboxylic acids is 1. The number of rotatable bonds is 4. The fourth-order valence-corrected chi connectivity index (χ4v) is 2.58. The summed E-state index contributed by atoms with van der Waals surface area (Å²) in [6.07, 6.45) is 0. The van der Waals surface area contributed by atoms with Crippen LogP contribution in [0.15, 0.2) is 35.2 Å². The molecule has 0 N–H and O–H groups in total. The van der Waals surface area contributed by atoms with Gasteiger partial charge in [0, 0.05) is 4.90 Å². The molecule has 1 rings (SSSR count). The normalized spacial score (nSPS) is 11.1. The Morgan fingerprint density at radius 2 is 1.87 bits per heavy atom. The molecule has 0 saturated heterocycles. The van der Waals surface area contributed by atoms with Crippen LogP contribution in [0.2, 0.25) is 19.6 Å². The molecule has 0 aliphatic carbocycles. The van der Waals surface area contributed by atoms with Crippen LogP contribution in [0.25, 0.3) is 0 Å². The van der Waals surface area contributed by atoms with Gasteiger partial charge in [0.1, 0.15) is 0 Å². The quantitative estimate of drug-likeness (QED) is 0.597. The lowest BCUT2D eigenvalue weighted by Crippen LogP contribution is -2.30. The number of thioether (sulfide) groups is 1. The van der Waals surface area contributed by atoms with E-state index in [9.17, 15) is 4.79 Å². The Bertz CT molecular complexity index is 319. The molecule has 0 spiro atoms. The van der Waals surface area contributed by atoms with Gasteiger partial charge in [0.15, 0.2) is 0 Å². The van der Waals surface area contributed by atoms with Crippen molar-refractivity contribution in [3.8, 4) is 0 Å². The Balaban J connectivity index is 2.35. The molecule has 0 amide bonds. The SMILES string of the molecule is C[Si](C)(C)OC(=O)CSc1ccccc1. The first-order chi connectivity index (χ1) is 6.97. The zero-order valence-electron chi connectivity index (χ0n) is 9.32. The molecule has 0 atom stereocenters. The Labute approximate surface area is 96.2 Å². The third kappa shape index (κ3) is 5.64. The van der Waals surface area contributed by atoms with Gasteiger partial charge in [-0.3, -0.25) is 4.79 Å². The molecule has 0 bridgehead atoms. The Morgan fingerprint density at radius 3 is 2.40 bits per heavy atom. The number of hydrogen-bond donors (Lipinski definition) is 0. The first-order valence-corrected chi connectivity index (χ1v) is 9.26. The average molecular weight is 240 g/mol. The van der Waals surface area contributed by atoms with Crippen LogP contribution in [0.1, 0.15) is 0 Å². The average Bonchev–Trinajstić information content (AvgIpc) is 2.14. The molecular formula is C11H16O2SSi. The summed E-state index contributed by atoms with van der Waals surface area (Å²) in [4.78, 5) is 12.5. The van der Waals surface area contributed by atoms with Crippen LogP contribution in [0.5, 0.6) is 0 Å². The molecule has 15 heavy (non-hydrogen) atoms. The highest BCUT2D eigenvalue weighted by Crippen LogP contribution is 2.17. The maximum Gasteiger partial charge on any atom is 0.302 e. The van der Waals surface area contributed by atoms with Gasteiger partial charge < -0.3 is 4.43 Å². The van der Waals surface area contributed by atoms with Gasteiger partial charge in [-0.2, -0.15) is 0 Å². The molecule has 0 fully saturated rings. The maximum absolute atomic E-state index is 11.4. The Hall–Kier alpha value is -0.743. The van der Waals surface area contributed by atoms with E-state index in [1.807, 2.05) is 50.0 Å². The molecule has 2 nitrogen and oxygen atoms in total. The summed E-state index contributed by atoms with van der Waals surface area (Å²) in [5.74, 6) is 0.289. The van der Waals surface area contributed by atoms with E-state index < -0.39 is 8.32 Å². The summed E-state index contributed by atoms with van der Waals surface area (Å²) in [7, 11) is -1.72. The molecule has 0 unspecified atom stereocenters. The molecule has 82 valence electrons.